The Labute approximate surface area is 295 Å². The molecular formula is C19HCl9N6O12. The number of nitro benzene ring substituents is 6. The summed E-state index contributed by atoms with van der Waals surface area (Å²) in [6.07, 6.45) is 0. The maximum absolute atomic E-state index is 12.0. The Balaban J connectivity index is 2.97. The molecule has 0 heterocycles. The van der Waals surface area contributed by atoms with Gasteiger partial charge in [-0.25, -0.2) is 0 Å². The molecule has 27 heteroatoms. The van der Waals surface area contributed by atoms with E-state index in [1.165, 1.54) is 0 Å². The Bertz CT molecular complexity index is 1650. The first-order valence-corrected chi connectivity index (χ1v) is 14.0. The third-order valence-electron chi connectivity index (χ3n) is 5.88. The van der Waals surface area contributed by atoms with Gasteiger partial charge >= 0.3 is 34.1 Å². The zero-order chi connectivity index (χ0) is 35.4. The predicted octanol–water partition coefficient (Wildman–Crippen LogP) is 10.2. The molecule has 0 amide bonds. The van der Waals surface area contributed by atoms with Crippen molar-refractivity contribution in [2.45, 2.75) is 5.92 Å². The fourth-order valence-electron chi connectivity index (χ4n) is 4.12. The molecule has 3 aromatic carbocycles. The van der Waals surface area contributed by atoms with Crippen LogP contribution in [0.1, 0.15) is 22.6 Å². The number of rotatable bonds is 9. The minimum Gasteiger partial charge on any atom is -0.258 e. The minimum atomic E-state index is -2.63. The van der Waals surface area contributed by atoms with Crippen molar-refractivity contribution < 1.29 is 29.5 Å². The molecule has 0 aliphatic heterocycles. The van der Waals surface area contributed by atoms with Crippen LogP contribution in [0.4, 0.5) is 34.1 Å². The average Bonchev–Trinajstić information content (AvgIpc) is 2.86. The number of benzene rings is 3. The third-order valence-corrected chi connectivity index (χ3v) is 9.24. The number of nitro groups is 6. The van der Waals surface area contributed by atoms with E-state index in [2.05, 4.69) is 0 Å². The second-order valence-corrected chi connectivity index (χ2v) is 11.5. The van der Waals surface area contributed by atoms with Crippen LogP contribution in [0.25, 0.3) is 0 Å². The molecule has 46 heavy (non-hydrogen) atoms. The van der Waals surface area contributed by atoms with Gasteiger partial charge in [0.15, 0.2) is 15.1 Å². The summed E-state index contributed by atoms with van der Waals surface area (Å²) in [5, 5.41) is 60.4. The summed E-state index contributed by atoms with van der Waals surface area (Å²) < 4.78 is 0. The lowest BCUT2D eigenvalue weighted by Crippen LogP contribution is -2.14. The number of nitrogens with zero attached hydrogens (tertiary/aromatic N) is 6. The molecule has 0 saturated heterocycles. The Morgan fingerprint density at radius 2 is 0.435 bits per heavy atom. The van der Waals surface area contributed by atoms with Crippen molar-refractivity contribution in [2.75, 3.05) is 0 Å². The summed E-state index contributed by atoms with van der Waals surface area (Å²) in [5.41, 5.74) is -12.4. The van der Waals surface area contributed by atoms with Gasteiger partial charge in [0.2, 0.25) is 0 Å². The highest BCUT2D eigenvalue weighted by Crippen LogP contribution is 2.60. The van der Waals surface area contributed by atoms with Crippen LogP contribution in [0.15, 0.2) is 0 Å². The van der Waals surface area contributed by atoms with Gasteiger partial charge in [-0.15, -0.1) is 0 Å². The van der Waals surface area contributed by atoms with Gasteiger partial charge in [0.05, 0.1) is 29.5 Å². The van der Waals surface area contributed by atoms with Gasteiger partial charge < -0.3 is 0 Å². The fraction of sp³-hybridized carbons (Fsp3) is 0.0526. The molecule has 242 valence electrons. The van der Waals surface area contributed by atoms with E-state index in [0.29, 0.717) is 0 Å². The van der Waals surface area contributed by atoms with Gasteiger partial charge in [0, 0.05) is 22.6 Å². The minimum absolute atomic E-state index is 1.18. The normalized spacial score (nSPS) is 11.1. The molecule has 0 aromatic heterocycles. The van der Waals surface area contributed by atoms with Crippen molar-refractivity contribution in [1.29, 1.82) is 0 Å². The highest BCUT2D eigenvalue weighted by atomic mass is 35.5. The first kappa shape index (κ1) is 37.1. The van der Waals surface area contributed by atoms with Crippen molar-refractivity contribution in [3.63, 3.8) is 0 Å². The van der Waals surface area contributed by atoms with E-state index >= 15 is 0 Å². The Kier molecular flexibility index (Phi) is 10.8. The molecule has 0 aliphatic rings. The molecular weight excluding hydrogens is 823 g/mol. The molecule has 0 aliphatic carbocycles. The molecule has 3 aromatic rings. The van der Waals surface area contributed by atoms with Gasteiger partial charge in [0.1, 0.15) is 30.1 Å². The van der Waals surface area contributed by atoms with Gasteiger partial charge in [-0.2, -0.15) is 0 Å². The van der Waals surface area contributed by atoms with Gasteiger partial charge in [-0.05, 0) is 0 Å². The SMILES string of the molecule is O=[N+]([O-])c1c(Cl)c(C(c2c(Cl)c([N+](=O)[O-])c(Cl)c([N+](=O)[O-])c2Cl)c2c(Cl)c([N+](=O)[O-])c(Cl)c([N+](=O)[O-])c2Cl)c(Cl)c([N+](=O)[O-])c1Cl. The molecule has 0 bridgehead atoms. The smallest absolute Gasteiger partial charge is 0.258 e. The Hall–Kier alpha value is -3.33. The quantitative estimate of drug-likeness (QED) is 0.111. The van der Waals surface area contributed by atoms with E-state index in [0.717, 1.165) is 0 Å². The van der Waals surface area contributed by atoms with E-state index < -0.39 is 131 Å². The zero-order valence-corrected chi connectivity index (χ0v) is 27.4. The Morgan fingerprint density at radius 3 is 0.543 bits per heavy atom. The fourth-order valence-corrected chi connectivity index (χ4v) is 7.74. The van der Waals surface area contributed by atoms with Crippen molar-refractivity contribution in [1.82, 2.24) is 0 Å². The third kappa shape index (κ3) is 5.84. The summed E-state index contributed by atoms with van der Waals surface area (Å²) in [7, 11) is 0. The molecule has 18 nitrogen and oxygen atoms in total. The molecule has 0 spiro atoms. The van der Waals surface area contributed by atoms with E-state index in [1.54, 1.807) is 0 Å². The molecule has 0 radical (unpaired) electrons. The summed E-state index contributed by atoms with van der Waals surface area (Å²) >= 11 is 55.2. The summed E-state index contributed by atoms with van der Waals surface area (Å²) in [6, 6.07) is 0. The lowest BCUT2D eigenvalue weighted by atomic mass is 9.83. The van der Waals surface area contributed by atoms with Gasteiger partial charge in [0.25, 0.3) is 0 Å². The van der Waals surface area contributed by atoms with Gasteiger partial charge in [-0.1, -0.05) is 104 Å². The monoisotopic (exact) mass is 820 g/mol. The molecule has 0 N–H and O–H groups in total. The van der Waals surface area contributed by atoms with Crippen LogP contribution < -0.4 is 0 Å². The molecule has 0 fully saturated rings. The van der Waals surface area contributed by atoms with Crippen LogP contribution in [0.3, 0.4) is 0 Å². The van der Waals surface area contributed by atoms with E-state index in [-0.39, 0.29) is 0 Å². The predicted molar refractivity (Wildman–Crippen MR) is 165 cm³/mol. The number of hydrogen-bond donors (Lipinski definition) is 0. The van der Waals surface area contributed by atoms with Crippen LogP contribution in [0, 0.1) is 60.7 Å². The number of halogens is 9. The van der Waals surface area contributed by atoms with Crippen LogP contribution in [0.2, 0.25) is 45.2 Å². The molecule has 0 saturated carbocycles. The van der Waals surface area contributed by atoms with Crippen molar-refractivity contribution in [3.8, 4) is 0 Å². The van der Waals surface area contributed by atoms with E-state index in [1.807, 2.05) is 0 Å². The van der Waals surface area contributed by atoms with Crippen molar-refractivity contribution in [2.24, 2.45) is 0 Å². The second-order valence-electron chi connectivity index (χ2n) is 8.13. The maximum atomic E-state index is 12.0. The first-order chi connectivity index (χ1) is 21.1. The van der Waals surface area contributed by atoms with Crippen molar-refractivity contribution in [3.05, 3.63) is 123 Å². The molecule has 0 atom stereocenters. The van der Waals surface area contributed by atoms with Crippen LogP contribution in [-0.2, 0) is 0 Å². The highest BCUT2D eigenvalue weighted by Gasteiger charge is 2.47. The summed E-state index contributed by atoms with van der Waals surface area (Å²) in [5.74, 6) is -2.63. The largest absolute Gasteiger partial charge is 0.313 e. The van der Waals surface area contributed by atoms with Gasteiger partial charge in [-0.3, -0.25) is 60.7 Å². The Morgan fingerprint density at radius 1 is 0.304 bits per heavy atom. The standard InChI is InChI=1S/C19HCl9N6O12/c20-5-2(6(21)15(30(37)38)11(26)14(5)29(35)36)1(3-7(22)16(31(39)40)12(27)17(8(3)23)32(41)42)4-9(24)18(33(43)44)13(28)19(10(4)25)34(45)46/h1H. The average molecular weight is 824 g/mol. The lowest BCUT2D eigenvalue weighted by molar-refractivity contribution is -0.393. The lowest BCUT2D eigenvalue weighted by Gasteiger charge is -2.25. The number of hydrogen-bond acceptors (Lipinski definition) is 12. The van der Waals surface area contributed by atoms with E-state index in [9.17, 15) is 60.7 Å². The second kappa shape index (κ2) is 13.4. The van der Waals surface area contributed by atoms with E-state index in [4.69, 9.17) is 104 Å². The summed E-state index contributed by atoms with van der Waals surface area (Å²) in [4.78, 5) is 63.7. The maximum Gasteiger partial charge on any atom is 0.313 e. The molecule has 3 rings (SSSR count). The highest BCUT2D eigenvalue weighted by molar-refractivity contribution is 6.48. The summed E-state index contributed by atoms with van der Waals surface area (Å²) in [6.45, 7) is 0. The van der Waals surface area contributed by atoms with Crippen LogP contribution in [0.5, 0.6) is 0 Å². The van der Waals surface area contributed by atoms with Crippen LogP contribution >= 0.6 is 104 Å². The van der Waals surface area contributed by atoms with Crippen LogP contribution in [-0.4, -0.2) is 29.5 Å². The first-order valence-electron chi connectivity index (χ1n) is 10.6. The zero-order valence-electron chi connectivity index (χ0n) is 20.6. The topological polar surface area (TPSA) is 259 Å². The molecule has 0 unspecified atom stereocenters. The van der Waals surface area contributed by atoms with Crippen molar-refractivity contribution >= 4 is 139 Å².